The average molecular weight is 336 g/mol. The molecule has 0 fully saturated rings. The zero-order chi connectivity index (χ0) is 12.6. The molecule has 0 spiro atoms. The molecular weight excluding hydrogens is 316 g/mol. The average Bonchev–Trinajstić information content (AvgIpc) is 2.20. The number of ether oxygens (including phenoxy) is 1. The van der Waals surface area contributed by atoms with Crippen LogP contribution < -0.4 is 15.4 Å². The van der Waals surface area contributed by atoms with E-state index in [9.17, 15) is 0 Å². The summed E-state index contributed by atoms with van der Waals surface area (Å²) in [5, 5.41) is 0. The highest BCUT2D eigenvalue weighted by molar-refractivity contribution is 9.10. The Morgan fingerprint density at radius 1 is 1.56 bits per heavy atom. The third kappa shape index (κ3) is 3.31. The van der Waals surface area contributed by atoms with E-state index in [4.69, 9.17) is 10.5 Å². The van der Waals surface area contributed by atoms with Gasteiger partial charge in [0.15, 0.2) is 0 Å². The largest absolute Gasteiger partial charge is 0.487 e. The van der Waals surface area contributed by atoms with Crippen molar-refractivity contribution in [1.29, 1.82) is 0 Å². The van der Waals surface area contributed by atoms with Gasteiger partial charge in [0.25, 0.3) is 0 Å². The molecule has 2 rings (SSSR count). The van der Waals surface area contributed by atoms with Gasteiger partial charge in [-0.1, -0.05) is 15.9 Å². The third-order valence-corrected chi connectivity index (χ3v) is 3.75. The monoisotopic (exact) mass is 334 g/mol. The highest BCUT2D eigenvalue weighted by Gasteiger charge is 2.24. The Morgan fingerprint density at radius 2 is 2.22 bits per heavy atom. The summed E-state index contributed by atoms with van der Waals surface area (Å²) >= 11 is 3.57. The summed E-state index contributed by atoms with van der Waals surface area (Å²) in [6, 6.07) is 4.37. The SMILES string of the molecule is Cc1cc2c(cc1Br)N(CC(C)N)CC(C)O2.Cl. The minimum atomic E-state index is 0. The molecule has 0 saturated carbocycles. The van der Waals surface area contributed by atoms with Gasteiger partial charge in [-0.15, -0.1) is 12.4 Å². The van der Waals surface area contributed by atoms with Crippen molar-refractivity contribution < 1.29 is 4.74 Å². The van der Waals surface area contributed by atoms with E-state index in [1.165, 1.54) is 5.56 Å². The van der Waals surface area contributed by atoms with Crippen LogP contribution in [0.15, 0.2) is 16.6 Å². The molecule has 5 heteroatoms. The van der Waals surface area contributed by atoms with E-state index >= 15 is 0 Å². The second-order valence-corrected chi connectivity index (χ2v) is 5.73. The molecule has 1 aliphatic heterocycles. The number of halogens is 2. The quantitative estimate of drug-likeness (QED) is 0.902. The van der Waals surface area contributed by atoms with Crippen LogP contribution in [0.1, 0.15) is 19.4 Å². The first-order chi connectivity index (χ1) is 7.97. The normalized spacial score (nSPS) is 19.6. The van der Waals surface area contributed by atoms with E-state index < -0.39 is 0 Å². The van der Waals surface area contributed by atoms with Crippen LogP contribution in [0.5, 0.6) is 5.75 Å². The number of aryl methyl sites for hydroxylation is 1. The molecule has 2 unspecified atom stereocenters. The van der Waals surface area contributed by atoms with Crippen molar-refractivity contribution in [3.8, 4) is 5.75 Å². The molecule has 0 radical (unpaired) electrons. The molecule has 1 aromatic carbocycles. The van der Waals surface area contributed by atoms with Gasteiger partial charge in [-0.05, 0) is 38.5 Å². The fourth-order valence-corrected chi connectivity index (χ4v) is 2.50. The molecule has 0 aliphatic carbocycles. The smallest absolute Gasteiger partial charge is 0.143 e. The van der Waals surface area contributed by atoms with E-state index in [0.29, 0.717) is 0 Å². The van der Waals surface area contributed by atoms with Gasteiger partial charge in [-0.25, -0.2) is 0 Å². The minimum Gasteiger partial charge on any atom is -0.487 e. The number of nitrogens with zero attached hydrogens (tertiary/aromatic N) is 1. The maximum atomic E-state index is 5.90. The molecule has 1 heterocycles. The van der Waals surface area contributed by atoms with Gasteiger partial charge < -0.3 is 15.4 Å². The fourth-order valence-electron chi connectivity index (χ4n) is 2.17. The number of fused-ring (bicyclic) bond motifs is 1. The second-order valence-electron chi connectivity index (χ2n) is 4.88. The van der Waals surface area contributed by atoms with Gasteiger partial charge in [-0.2, -0.15) is 0 Å². The maximum absolute atomic E-state index is 5.90. The number of hydrogen-bond acceptors (Lipinski definition) is 3. The van der Waals surface area contributed by atoms with E-state index in [2.05, 4.69) is 46.8 Å². The molecule has 1 aliphatic rings. The van der Waals surface area contributed by atoms with Crippen molar-refractivity contribution in [1.82, 2.24) is 0 Å². The van der Waals surface area contributed by atoms with Crippen LogP contribution in [0.4, 0.5) is 5.69 Å². The summed E-state index contributed by atoms with van der Waals surface area (Å²) < 4.78 is 6.99. The predicted octanol–water partition coefficient (Wildman–Crippen LogP) is 3.11. The van der Waals surface area contributed by atoms with E-state index in [1.54, 1.807) is 0 Å². The lowest BCUT2D eigenvalue weighted by Gasteiger charge is -2.36. The van der Waals surface area contributed by atoms with Crippen molar-refractivity contribution in [2.75, 3.05) is 18.0 Å². The second kappa shape index (κ2) is 6.13. The number of rotatable bonds is 2. The van der Waals surface area contributed by atoms with Gasteiger partial charge in [0, 0.05) is 17.1 Å². The van der Waals surface area contributed by atoms with Gasteiger partial charge >= 0.3 is 0 Å². The zero-order valence-electron chi connectivity index (χ0n) is 10.9. The lowest BCUT2D eigenvalue weighted by molar-refractivity contribution is 0.212. The van der Waals surface area contributed by atoms with Crippen LogP contribution in [0, 0.1) is 6.92 Å². The molecule has 0 bridgehead atoms. The van der Waals surface area contributed by atoms with Crippen molar-refractivity contribution in [3.05, 3.63) is 22.2 Å². The highest BCUT2D eigenvalue weighted by Crippen LogP contribution is 2.37. The Hall–Kier alpha value is -0.450. The summed E-state index contributed by atoms with van der Waals surface area (Å²) in [7, 11) is 0. The third-order valence-electron chi connectivity index (χ3n) is 2.89. The topological polar surface area (TPSA) is 38.5 Å². The van der Waals surface area contributed by atoms with Gasteiger partial charge in [0.1, 0.15) is 11.9 Å². The van der Waals surface area contributed by atoms with Crippen molar-refractivity contribution >= 4 is 34.0 Å². The molecule has 3 nitrogen and oxygen atoms in total. The molecule has 102 valence electrons. The summed E-state index contributed by atoms with van der Waals surface area (Å²) in [6.07, 6.45) is 0.210. The van der Waals surface area contributed by atoms with Crippen LogP contribution in [-0.2, 0) is 0 Å². The molecular formula is C13H20BrClN2O. The molecule has 1 aromatic rings. The van der Waals surface area contributed by atoms with Gasteiger partial charge in [0.2, 0.25) is 0 Å². The van der Waals surface area contributed by atoms with E-state index in [-0.39, 0.29) is 24.6 Å². The number of hydrogen-bond donors (Lipinski definition) is 1. The number of benzene rings is 1. The van der Waals surface area contributed by atoms with E-state index in [1.807, 2.05) is 6.92 Å². The Labute approximate surface area is 123 Å². The summed E-state index contributed by atoms with van der Waals surface area (Å²) in [6.45, 7) is 7.95. The zero-order valence-corrected chi connectivity index (χ0v) is 13.3. The minimum absolute atomic E-state index is 0. The molecule has 2 N–H and O–H groups in total. The van der Waals surface area contributed by atoms with Crippen LogP contribution in [0.2, 0.25) is 0 Å². The van der Waals surface area contributed by atoms with Crippen molar-refractivity contribution in [2.24, 2.45) is 5.73 Å². The Bertz CT molecular complexity index is 426. The molecule has 0 amide bonds. The molecule has 0 saturated heterocycles. The highest BCUT2D eigenvalue weighted by atomic mass is 79.9. The Morgan fingerprint density at radius 3 is 2.83 bits per heavy atom. The molecule has 2 atom stereocenters. The lowest BCUT2D eigenvalue weighted by atomic mass is 10.1. The van der Waals surface area contributed by atoms with E-state index in [0.717, 1.165) is 29.0 Å². The maximum Gasteiger partial charge on any atom is 0.143 e. The van der Waals surface area contributed by atoms with Crippen LogP contribution in [0.25, 0.3) is 0 Å². The first-order valence-electron chi connectivity index (χ1n) is 5.94. The first kappa shape index (κ1) is 15.6. The predicted molar refractivity (Wildman–Crippen MR) is 82.1 cm³/mol. The van der Waals surface area contributed by atoms with Gasteiger partial charge in [0.05, 0.1) is 12.2 Å². The Balaban J connectivity index is 0.00000162. The molecule has 18 heavy (non-hydrogen) atoms. The fraction of sp³-hybridized carbons (Fsp3) is 0.538. The van der Waals surface area contributed by atoms with Gasteiger partial charge in [-0.3, -0.25) is 0 Å². The summed E-state index contributed by atoms with van der Waals surface area (Å²) in [5.74, 6) is 0.963. The van der Waals surface area contributed by atoms with Crippen LogP contribution in [-0.4, -0.2) is 25.2 Å². The lowest BCUT2D eigenvalue weighted by Crippen LogP contribution is -2.43. The summed E-state index contributed by atoms with van der Waals surface area (Å²) in [4.78, 5) is 2.30. The summed E-state index contributed by atoms with van der Waals surface area (Å²) in [5.41, 5.74) is 8.23. The number of nitrogens with two attached hydrogens (primary N) is 1. The van der Waals surface area contributed by atoms with Crippen molar-refractivity contribution in [2.45, 2.75) is 32.9 Å². The standard InChI is InChI=1S/C13H19BrN2O.ClH/c1-8-4-13-12(5-11(8)14)16(6-9(2)15)7-10(3)17-13;/h4-5,9-10H,6-7,15H2,1-3H3;1H. The number of anilines is 1. The van der Waals surface area contributed by atoms with Crippen molar-refractivity contribution in [3.63, 3.8) is 0 Å². The first-order valence-corrected chi connectivity index (χ1v) is 6.74. The Kier molecular flexibility index (Phi) is 5.32. The van der Waals surface area contributed by atoms with Crippen LogP contribution in [0.3, 0.4) is 0 Å². The van der Waals surface area contributed by atoms with Crippen LogP contribution >= 0.6 is 28.3 Å². The molecule has 0 aromatic heterocycles.